The second-order valence-corrected chi connectivity index (χ2v) is 7.32. The van der Waals surface area contributed by atoms with Crippen molar-refractivity contribution in [3.8, 4) is 0 Å². The van der Waals surface area contributed by atoms with Crippen molar-refractivity contribution in [3.63, 3.8) is 0 Å². The number of epoxide rings is 1. The highest BCUT2D eigenvalue weighted by Crippen LogP contribution is 2.34. The average molecular weight is 274 g/mol. The van der Waals surface area contributed by atoms with Crippen LogP contribution in [0.3, 0.4) is 0 Å². The van der Waals surface area contributed by atoms with Crippen LogP contribution in [-0.2, 0) is 23.0 Å². The lowest BCUT2D eigenvalue weighted by Gasteiger charge is -2.22. The van der Waals surface area contributed by atoms with Crippen molar-refractivity contribution in [3.05, 3.63) is 34.9 Å². The highest BCUT2D eigenvalue weighted by molar-refractivity contribution is 5.35. The van der Waals surface area contributed by atoms with Gasteiger partial charge in [-0.25, -0.2) is 0 Å². The van der Waals surface area contributed by atoms with Crippen LogP contribution in [0.4, 0.5) is 0 Å². The third-order valence-electron chi connectivity index (χ3n) is 4.58. The first kappa shape index (κ1) is 15.6. The molecule has 1 aliphatic heterocycles. The summed E-state index contributed by atoms with van der Waals surface area (Å²) in [6, 6.07) is 7.06. The van der Waals surface area contributed by atoms with E-state index in [1.807, 2.05) is 0 Å². The van der Waals surface area contributed by atoms with Gasteiger partial charge in [-0.2, -0.15) is 0 Å². The predicted octanol–water partition coefficient (Wildman–Crippen LogP) is 4.90. The molecule has 1 heterocycles. The molecule has 1 fully saturated rings. The van der Waals surface area contributed by atoms with Crippen LogP contribution in [0.1, 0.15) is 64.7 Å². The van der Waals surface area contributed by atoms with E-state index < -0.39 is 0 Å². The molecule has 20 heavy (non-hydrogen) atoms. The molecule has 3 unspecified atom stereocenters. The van der Waals surface area contributed by atoms with Gasteiger partial charge in [-0.3, -0.25) is 0 Å². The summed E-state index contributed by atoms with van der Waals surface area (Å²) < 4.78 is 5.77. The van der Waals surface area contributed by atoms with Gasteiger partial charge in [0, 0.05) is 0 Å². The molecule has 0 aliphatic carbocycles. The molecule has 0 saturated carbocycles. The topological polar surface area (TPSA) is 12.5 Å². The van der Waals surface area contributed by atoms with Gasteiger partial charge in [-0.15, -0.1) is 0 Å². The predicted molar refractivity (Wildman–Crippen MR) is 86.3 cm³/mol. The van der Waals surface area contributed by atoms with Crippen LogP contribution in [0.25, 0.3) is 0 Å². The van der Waals surface area contributed by atoms with Crippen molar-refractivity contribution in [2.24, 2.45) is 5.92 Å². The van der Waals surface area contributed by atoms with Gasteiger partial charge >= 0.3 is 0 Å². The van der Waals surface area contributed by atoms with Crippen molar-refractivity contribution < 1.29 is 4.74 Å². The Balaban J connectivity index is 2.16. The van der Waals surface area contributed by atoms with Crippen molar-refractivity contribution in [2.75, 3.05) is 0 Å². The summed E-state index contributed by atoms with van der Waals surface area (Å²) in [4.78, 5) is 0. The summed E-state index contributed by atoms with van der Waals surface area (Å²) in [6.45, 7) is 13.7. The molecule has 0 aromatic heterocycles. The SMILES string of the molecule is CCc1ccc(C(C)(C)C)cc1CC(C)C1OC1CC. The van der Waals surface area contributed by atoms with Crippen LogP contribution in [0.15, 0.2) is 18.2 Å². The number of ether oxygens (including phenoxy) is 1. The van der Waals surface area contributed by atoms with E-state index >= 15 is 0 Å². The first-order valence-electron chi connectivity index (χ1n) is 8.14. The van der Waals surface area contributed by atoms with Crippen molar-refractivity contribution in [2.45, 2.75) is 78.4 Å². The molecule has 1 saturated heterocycles. The number of hydrogen-bond acceptors (Lipinski definition) is 1. The molecule has 0 N–H and O–H groups in total. The first-order chi connectivity index (χ1) is 9.36. The molecule has 112 valence electrons. The molecule has 1 nitrogen and oxygen atoms in total. The fourth-order valence-corrected chi connectivity index (χ4v) is 3.08. The van der Waals surface area contributed by atoms with Crippen molar-refractivity contribution >= 4 is 0 Å². The summed E-state index contributed by atoms with van der Waals surface area (Å²) in [5, 5.41) is 0. The molecular weight excluding hydrogens is 244 g/mol. The van der Waals surface area contributed by atoms with Crippen LogP contribution in [0.2, 0.25) is 0 Å². The van der Waals surface area contributed by atoms with Crippen LogP contribution < -0.4 is 0 Å². The zero-order valence-corrected chi connectivity index (χ0v) is 14.0. The lowest BCUT2D eigenvalue weighted by atomic mass is 9.83. The molecule has 0 amide bonds. The fourth-order valence-electron chi connectivity index (χ4n) is 3.08. The lowest BCUT2D eigenvalue weighted by molar-refractivity contribution is 0.322. The van der Waals surface area contributed by atoms with Crippen LogP contribution >= 0.6 is 0 Å². The Bertz CT molecular complexity index is 455. The minimum absolute atomic E-state index is 0.228. The van der Waals surface area contributed by atoms with E-state index in [-0.39, 0.29) is 5.41 Å². The Hall–Kier alpha value is -0.820. The van der Waals surface area contributed by atoms with Gasteiger partial charge in [-0.05, 0) is 47.3 Å². The van der Waals surface area contributed by atoms with E-state index in [4.69, 9.17) is 4.74 Å². The smallest absolute Gasteiger partial charge is 0.0870 e. The number of hydrogen-bond donors (Lipinski definition) is 0. The van der Waals surface area contributed by atoms with Gasteiger partial charge in [-0.1, -0.05) is 59.7 Å². The molecule has 1 aromatic carbocycles. The quantitative estimate of drug-likeness (QED) is 0.696. The molecule has 1 heteroatoms. The van der Waals surface area contributed by atoms with Gasteiger partial charge in [0.1, 0.15) is 0 Å². The van der Waals surface area contributed by atoms with Gasteiger partial charge in [0.25, 0.3) is 0 Å². The van der Waals surface area contributed by atoms with Gasteiger partial charge < -0.3 is 4.74 Å². The number of benzene rings is 1. The number of aryl methyl sites for hydroxylation is 1. The van der Waals surface area contributed by atoms with E-state index in [1.165, 1.54) is 16.7 Å². The standard InChI is InChI=1S/C19H30O/c1-7-14-9-10-16(19(4,5)6)12-15(14)11-13(3)18-17(8-2)20-18/h9-10,12-13,17-18H,7-8,11H2,1-6H3. The van der Waals surface area contributed by atoms with E-state index in [2.05, 4.69) is 59.7 Å². The summed E-state index contributed by atoms with van der Waals surface area (Å²) in [5.41, 5.74) is 4.70. The van der Waals surface area contributed by atoms with E-state index in [9.17, 15) is 0 Å². The Morgan fingerprint density at radius 2 is 1.85 bits per heavy atom. The minimum atomic E-state index is 0.228. The molecule has 3 atom stereocenters. The zero-order chi connectivity index (χ0) is 14.9. The Kier molecular flexibility index (Phi) is 4.59. The summed E-state index contributed by atoms with van der Waals surface area (Å²) in [5.74, 6) is 0.625. The second-order valence-electron chi connectivity index (χ2n) is 7.32. The summed E-state index contributed by atoms with van der Waals surface area (Å²) >= 11 is 0. The minimum Gasteiger partial charge on any atom is -0.369 e. The molecular formula is C19H30O. The molecule has 0 radical (unpaired) electrons. The maximum absolute atomic E-state index is 5.77. The normalized spacial score (nSPS) is 23.7. The van der Waals surface area contributed by atoms with Crippen LogP contribution in [0.5, 0.6) is 0 Å². The van der Waals surface area contributed by atoms with E-state index in [0.29, 0.717) is 18.1 Å². The highest BCUT2D eigenvalue weighted by Gasteiger charge is 2.41. The zero-order valence-electron chi connectivity index (χ0n) is 14.0. The monoisotopic (exact) mass is 274 g/mol. The molecule has 2 rings (SSSR count). The maximum Gasteiger partial charge on any atom is 0.0870 e. The molecule has 0 bridgehead atoms. The summed E-state index contributed by atoms with van der Waals surface area (Å²) in [7, 11) is 0. The van der Waals surface area contributed by atoms with Crippen LogP contribution in [-0.4, -0.2) is 12.2 Å². The second kappa shape index (κ2) is 5.89. The third-order valence-corrected chi connectivity index (χ3v) is 4.58. The van der Waals surface area contributed by atoms with Crippen molar-refractivity contribution in [1.29, 1.82) is 0 Å². The van der Waals surface area contributed by atoms with Crippen LogP contribution in [0, 0.1) is 5.92 Å². The Labute approximate surface area is 124 Å². The van der Waals surface area contributed by atoms with Crippen molar-refractivity contribution in [1.82, 2.24) is 0 Å². The summed E-state index contributed by atoms with van der Waals surface area (Å²) in [6.07, 6.45) is 4.42. The van der Waals surface area contributed by atoms with E-state index in [1.54, 1.807) is 0 Å². The van der Waals surface area contributed by atoms with Gasteiger partial charge in [0.15, 0.2) is 0 Å². The van der Waals surface area contributed by atoms with Gasteiger partial charge in [0.2, 0.25) is 0 Å². The van der Waals surface area contributed by atoms with E-state index in [0.717, 1.165) is 19.3 Å². The largest absolute Gasteiger partial charge is 0.369 e. The molecule has 1 aliphatic rings. The Morgan fingerprint density at radius 3 is 2.35 bits per heavy atom. The highest BCUT2D eigenvalue weighted by atomic mass is 16.6. The molecule has 1 aromatic rings. The number of rotatable bonds is 5. The first-order valence-corrected chi connectivity index (χ1v) is 8.14. The Morgan fingerprint density at radius 1 is 1.15 bits per heavy atom. The third kappa shape index (κ3) is 3.44. The average Bonchev–Trinajstić information content (AvgIpc) is 3.17. The maximum atomic E-state index is 5.77. The molecule has 0 spiro atoms. The fraction of sp³-hybridized carbons (Fsp3) is 0.684. The van der Waals surface area contributed by atoms with Gasteiger partial charge in [0.05, 0.1) is 12.2 Å². The lowest BCUT2D eigenvalue weighted by Crippen LogP contribution is -2.15.